The topological polar surface area (TPSA) is 117 Å². The van der Waals surface area contributed by atoms with Gasteiger partial charge in [0.1, 0.15) is 18.1 Å². The molecule has 0 unspecified atom stereocenters. The Labute approximate surface area is 156 Å². The van der Waals surface area contributed by atoms with E-state index < -0.39 is 5.97 Å². The van der Waals surface area contributed by atoms with E-state index in [9.17, 15) is 9.59 Å². The summed E-state index contributed by atoms with van der Waals surface area (Å²) >= 11 is 0. The Bertz CT molecular complexity index is 919. The highest BCUT2D eigenvalue weighted by Gasteiger charge is 2.25. The van der Waals surface area contributed by atoms with Crippen molar-refractivity contribution in [1.29, 1.82) is 5.41 Å². The minimum Gasteiger partial charge on any atom is -0.480 e. The number of benzene rings is 2. The Morgan fingerprint density at radius 2 is 2.00 bits per heavy atom. The minimum atomic E-state index is -1.02. The van der Waals surface area contributed by atoms with Crippen LogP contribution in [-0.4, -0.2) is 40.8 Å². The fraction of sp³-hybridized carbons (Fsp3) is 0.150. The number of nitrogen functional groups attached to an aromatic ring is 1. The van der Waals surface area contributed by atoms with Crippen molar-refractivity contribution in [3.63, 3.8) is 0 Å². The molecule has 0 saturated carbocycles. The third-order valence-corrected chi connectivity index (χ3v) is 4.26. The lowest BCUT2D eigenvalue weighted by molar-refractivity contribution is -0.137. The van der Waals surface area contributed by atoms with Crippen molar-refractivity contribution in [3.8, 4) is 5.75 Å². The molecule has 0 bridgehead atoms. The number of carboxylic acids is 1. The van der Waals surface area contributed by atoms with Crippen LogP contribution in [0.15, 0.2) is 48.7 Å². The Hall–Kier alpha value is -3.61. The third-order valence-electron chi connectivity index (χ3n) is 4.26. The summed E-state index contributed by atoms with van der Waals surface area (Å²) in [6.07, 6.45) is 3.91. The summed E-state index contributed by atoms with van der Waals surface area (Å²) in [5.41, 5.74) is 8.34. The fourth-order valence-corrected chi connectivity index (χ4v) is 2.87. The van der Waals surface area contributed by atoms with Gasteiger partial charge in [0.2, 0.25) is 0 Å². The van der Waals surface area contributed by atoms with Crippen molar-refractivity contribution < 1.29 is 19.4 Å². The zero-order valence-corrected chi connectivity index (χ0v) is 14.5. The predicted octanol–water partition coefficient (Wildman–Crippen LogP) is 2.10. The molecule has 3 rings (SSSR count). The van der Waals surface area contributed by atoms with Crippen LogP contribution in [0.3, 0.4) is 0 Å². The number of rotatable bonds is 6. The summed E-state index contributed by atoms with van der Waals surface area (Å²) in [6.45, 7) is 0.0849. The van der Waals surface area contributed by atoms with Crippen molar-refractivity contribution >= 4 is 23.8 Å². The van der Waals surface area contributed by atoms with Gasteiger partial charge in [-0.25, -0.2) is 0 Å². The number of hydrogen-bond donors (Lipinski definition) is 3. The van der Waals surface area contributed by atoms with E-state index in [4.69, 9.17) is 21.0 Å². The number of nitrogens with zero attached hydrogens (tertiary/aromatic N) is 1. The minimum absolute atomic E-state index is 0.0207. The van der Waals surface area contributed by atoms with Crippen LogP contribution >= 0.6 is 0 Å². The Morgan fingerprint density at radius 3 is 2.67 bits per heavy atom. The van der Waals surface area contributed by atoms with Crippen molar-refractivity contribution in [3.05, 3.63) is 71.0 Å². The molecular weight excluding hydrogens is 346 g/mol. The average molecular weight is 365 g/mol. The Morgan fingerprint density at radius 1 is 1.26 bits per heavy atom. The van der Waals surface area contributed by atoms with Crippen LogP contribution in [0.5, 0.6) is 5.75 Å². The first-order chi connectivity index (χ1) is 12.9. The van der Waals surface area contributed by atoms with Crippen LogP contribution in [0.25, 0.3) is 6.08 Å². The maximum Gasteiger partial charge on any atom is 0.323 e. The number of aliphatic carboxylic acids is 1. The molecular formula is C20H19N3O4. The number of amides is 1. The number of nitrogens with two attached hydrogens (primary N) is 1. The van der Waals surface area contributed by atoms with Gasteiger partial charge in [0.15, 0.2) is 0 Å². The Balaban J connectivity index is 1.66. The van der Waals surface area contributed by atoms with Gasteiger partial charge in [-0.3, -0.25) is 15.0 Å². The molecule has 2 aromatic rings. The van der Waals surface area contributed by atoms with Crippen LogP contribution in [0.2, 0.25) is 0 Å². The van der Waals surface area contributed by atoms with Crippen LogP contribution in [0.1, 0.15) is 27.0 Å². The molecule has 0 aromatic heterocycles. The normalized spacial score (nSPS) is 13.5. The molecule has 1 heterocycles. The highest BCUT2D eigenvalue weighted by Crippen LogP contribution is 2.24. The van der Waals surface area contributed by atoms with Gasteiger partial charge in [-0.05, 0) is 41.8 Å². The summed E-state index contributed by atoms with van der Waals surface area (Å²) < 4.78 is 5.61. The molecule has 0 aliphatic carbocycles. The second-order valence-electron chi connectivity index (χ2n) is 6.15. The SMILES string of the molecule is N=C(N)c1ccc(/C=C/Oc2ccc3c(c2)CCN(CC(=O)O)C3=O)cc1. The van der Waals surface area contributed by atoms with E-state index in [2.05, 4.69) is 0 Å². The van der Waals surface area contributed by atoms with E-state index in [0.29, 0.717) is 29.8 Å². The number of carbonyl (C=O) groups excluding carboxylic acids is 1. The van der Waals surface area contributed by atoms with Crippen molar-refractivity contribution in [2.75, 3.05) is 13.1 Å². The number of fused-ring (bicyclic) bond motifs is 1. The van der Waals surface area contributed by atoms with Crippen LogP contribution in [0, 0.1) is 5.41 Å². The molecule has 0 fully saturated rings. The zero-order chi connectivity index (χ0) is 19.4. The zero-order valence-electron chi connectivity index (χ0n) is 14.5. The van der Waals surface area contributed by atoms with Gasteiger partial charge in [0.05, 0.1) is 6.26 Å². The average Bonchev–Trinajstić information content (AvgIpc) is 2.64. The van der Waals surface area contributed by atoms with Gasteiger partial charge in [-0.15, -0.1) is 0 Å². The number of carboxylic acid groups (broad SMARTS) is 1. The van der Waals surface area contributed by atoms with Crippen LogP contribution < -0.4 is 10.5 Å². The van der Waals surface area contributed by atoms with Gasteiger partial charge in [-0.1, -0.05) is 24.3 Å². The standard InChI is InChI=1S/C20H19N3O4/c21-19(22)14-3-1-13(2-4-14)8-10-27-16-5-6-17-15(11-16)7-9-23(20(17)26)12-18(24)25/h1-6,8,10-11H,7,9,12H2,(H3,21,22)(H,24,25)/b10-8+. The van der Waals surface area contributed by atoms with Crippen LogP contribution in [-0.2, 0) is 11.2 Å². The van der Waals surface area contributed by atoms with Crippen molar-refractivity contribution in [2.24, 2.45) is 5.73 Å². The number of carbonyl (C=O) groups is 2. The number of ether oxygens (including phenoxy) is 1. The van der Waals surface area contributed by atoms with Gasteiger partial charge in [0.25, 0.3) is 5.91 Å². The Kier molecular flexibility index (Phi) is 5.21. The second kappa shape index (κ2) is 7.74. The maximum atomic E-state index is 12.3. The molecule has 0 radical (unpaired) electrons. The first kappa shape index (κ1) is 18.2. The maximum absolute atomic E-state index is 12.3. The molecule has 0 atom stereocenters. The molecule has 138 valence electrons. The van der Waals surface area contributed by atoms with Gasteiger partial charge in [-0.2, -0.15) is 0 Å². The molecule has 0 saturated heterocycles. The van der Waals surface area contributed by atoms with E-state index in [1.54, 1.807) is 42.7 Å². The second-order valence-corrected chi connectivity index (χ2v) is 6.15. The number of nitrogens with one attached hydrogen (secondary N) is 1. The van der Waals surface area contributed by atoms with Gasteiger partial charge >= 0.3 is 5.97 Å². The largest absolute Gasteiger partial charge is 0.480 e. The van der Waals surface area contributed by atoms with E-state index in [-0.39, 0.29) is 18.3 Å². The first-order valence-electron chi connectivity index (χ1n) is 8.35. The highest BCUT2D eigenvalue weighted by atomic mass is 16.5. The molecule has 7 heteroatoms. The monoisotopic (exact) mass is 365 g/mol. The smallest absolute Gasteiger partial charge is 0.323 e. The summed E-state index contributed by atoms with van der Waals surface area (Å²) in [5, 5.41) is 16.2. The van der Waals surface area contributed by atoms with E-state index in [0.717, 1.165) is 11.1 Å². The third kappa shape index (κ3) is 4.33. The molecule has 2 aromatic carbocycles. The summed E-state index contributed by atoms with van der Waals surface area (Å²) in [5.74, 6) is -0.670. The van der Waals surface area contributed by atoms with Crippen molar-refractivity contribution in [2.45, 2.75) is 6.42 Å². The van der Waals surface area contributed by atoms with Crippen LogP contribution in [0.4, 0.5) is 0 Å². The first-order valence-corrected chi connectivity index (χ1v) is 8.35. The molecule has 27 heavy (non-hydrogen) atoms. The van der Waals surface area contributed by atoms with E-state index in [1.165, 1.54) is 4.90 Å². The quantitative estimate of drug-likeness (QED) is 0.412. The number of amidine groups is 1. The lowest BCUT2D eigenvalue weighted by atomic mass is 9.98. The predicted molar refractivity (Wildman–Crippen MR) is 101 cm³/mol. The van der Waals surface area contributed by atoms with E-state index >= 15 is 0 Å². The molecule has 1 amide bonds. The molecule has 0 spiro atoms. The highest BCUT2D eigenvalue weighted by molar-refractivity contribution is 5.98. The fourth-order valence-electron chi connectivity index (χ4n) is 2.87. The number of hydrogen-bond acceptors (Lipinski definition) is 4. The van der Waals surface area contributed by atoms with Gasteiger partial charge < -0.3 is 20.5 Å². The molecule has 1 aliphatic heterocycles. The molecule has 7 nitrogen and oxygen atoms in total. The van der Waals surface area contributed by atoms with E-state index in [1.807, 2.05) is 12.1 Å². The summed E-state index contributed by atoms with van der Waals surface area (Å²) in [6, 6.07) is 12.3. The summed E-state index contributed by atoms with van der Waals surface area (Å²) in [7, 11) is 0. The summed E-state index contributed by atoms with van der Waals surface area (Å²) in [4.78, 5) is 24.5. The molecule has 1 aliphatic rings. The van der Waals surface area contributed by atoms with Gasteiger partial charge in [0, 0.05) is 17.7 Å². The lowest BCUT2D eigenvalue weighted by Crippen LogP contribution is -2.40. The lowest BCUT2D eigenvalue weighted by Gasteiger charge is -2.27. The molecule has 4 N–H and O–H groups in total. The van der Waals surface area contributed by atoms with Crippen molar-refractivity contribution in [1.82, 2.24) is 4.90 Å².